The molecule has 1 fully saturated rings. The molecule has 0 aromatic carbocycles. The van der Waals surface area contributed by atoms with Gasteiger partial charge in [-0.3, -0.25) is 0 Å². The fourth-order valence-electron chi connectivity index (χ4n) is 2.60. The molecule has 1 aliphatic rings. The number of nitrogens with zero attached hydrogens (tertiary/aromatic N) is 7. The Kier molecular flexibility index (Phi) is 4.32. The van der Waals surface area contributed by atoms with Crippen molar-refractivity contribution in [1.82, 2.24) is 30.0 Å². The number of hydrogen-bond acceptors (Lipinski definition) is 9. The maximum Gasteiger partial charge on any atom is 0.453 e. The minimum Gasteiger partial charge on any atom is -0.373 e. The molecule has 138 valence electrons. The van der Waals surface area contributed by atoms with Crippen LogP contribution < -0.4 is 10.2 Å². The van der Waals surface area contributed by atoms with Gasteiger partial charge < -0.3 is 15.0 Å². The molecule has 0 aliphatic carbocycles. The number of morpholine rings is 1. The first-order chi connectivity index (χ1) is 12.5. The predicted octanol–water partition coefficient (Wildman–Crippen LogP) is 1.31. The second-order valence-electron chi connectivity index (χ2n) is 5.55. The van der Waals surface area contributed by atoms with E-state index < -0.39 is 12.0 Å². The monoisotopic (exact) mass is 386 g/mol. The number of nitrogens with one attached hydrogen (secondary N) is 1. The number of ether oxygens (including phenoxy) is 1. The van der Waals surface area contributed by atoms with Crippen LogP contribution in [0.2, 0.25) is 0 Å². The Hall–Kier alpha value is -2.54. The number of rotatable bonds is 4. The molecule has 0 amide bonds. The summed E-state index contributed by atoms with van der Waals surface area (Å²) in [6, 6.07) is 2.97. The second kappa shape index (κ2) is 6.64. The first-order valence-electron chi connectivity index (χ1n) is 7.67. The molecule has 0 radical (unpaired) electrons. The van der Waals surface area contributed by atoms with Gasteiger partial charge in [0.05, 0.1) is 12.7 Å². The van der Waals surface area contributed by atoms with E-state index in [0.29, 0.717) is 30.8 Å². The third kappa shape index (κ3) is 3.39. The van der Waals surface area contributed by atoms with E-state index in [4.69, 9.17) is 4.74 Å². The van der Waals surface area contributed by atoms with Crippen LogP contribution in [0, 0.1) is 0 Å². The molecule has 3 aromatic rings. The summed E-state index contributed by atoms with van der Waals surface area (Å²) in [6.07, 6.45) is -4.78. The van der Waals surface area contributed by atoms with Gasteiger partial charge in [-0.15, -0.1) is 25.5 Å². The molecule has 4 heterocycles. The lowest BCUT2D eigenvalue weighted by atomic mass is 10.3. The van der Waals surface area contributed by atoms with Gasteiger partial charge in [-0.05, 0) is 12.1 Å². The number of hydrogen-bond donors (Lipinski definition) is 1. The third-order valence-electron chi connectivity index (χ3n) is 3.79. The first-order valence-corrected chi connectivity index (χ1v) is 8.55. The third-order valence-corrected chi connectivity index (χ3v) is 4.54. The molecule has 13 heteroatoms. The van der Waals surface area contributed by atoms with Crippen LogP contribution in [0.4, 0.5) is 24.1 Å². The van der Waals surface area contributed by atoms with Crippen LogP contribution in [0.15, 0.2) is 17.6 Å². The van der Waals surface area contributed by atoms with E-state index in [1.165, 1.54) is 17.4 Å². The zero-order chi connectivity index (χ0) is 18.1. The minimum atomic E-state index is -4.63. The molecule has 3 aromatic heterocycles. The van der Waals surface area contributed by atoms with Gasteiger partial charge in [0, 0.05) is 19.6 Å². The zero-order valence-electron chi connectivity index (χ0n) is 13.2. The van der Waals surface area contributed by atoms with E-state index in [1.807, 2.05) is 0 Å². The molecule has 0 saturated carbocycles. The van der Waals surface area contributed by atoms with Gasteiger partial charge in [0.15, 0.2) is 5.65 Å². The van der Waals surface area contributed by atoms with Crippen molar-refractivity contribution in [1.29, 1.82) is 0 Å². The lowest BCUT2D eigenvalue weighted by Crippen LogP contribution is -2.45. The summed E-state index contributed by atoms with van der Waals surface area (Å²) in [5, 5.41) is 22.2. The summed E-state index contributed by atoms with van der Waals surface area (Å²) in [5.41, 5.74) is 1.69. The highest BCUT2D eigenvalue weighted by Crippen LogP contribution is 2.27. The van der Waals surface area contributed by atoms with E-state index in [-0.39, 0.29) is 17.6 Å². The second-order valence-corrected chi connectivity index (χ2v) is 6.36. The molecule has 9 nitrogen and oxygen atoms in total. The molecule has 1 unspecified atom stereocenters. The highest BCUT2D eigenvalue weighted by molar-refractivity contribution is 7.13. The number of aromatic nitrogens is 6. The number of alkyl halides is 3. The molecule has 1 N–H and O–H groups in total. The summed E-state index contributed by atoms with van der Waals surface area (Å²) < 4.78 is 45.1. The van der Waals surface area contributed by atoms with Crippen LogP contribution in [-0.2, 0) is 10.9 Å². The van der Waals surface area contributed by atoms with Gasteiger partial charge in [-0.1, -0.05) is 11.3 Å². The van der Waals surface area contributed by atoms with Crippen molar-refractivity contribution < 1.29 is 17.9 Å². The average molecular weight is 386 g/mol. The Labute approximate surface area is 148 Å². The highest BCUT2D eigenvalue weighted by Gasteiger charge is 2.37. The van der Waals surface area contributed by atoms with Crippen LogP contribution in [0.1, 0.15) is 5.82 Å². The maximum absolute atomic E-state index is 12.9. The van der Waals surface area contributed by atoms with Crippen LogP contribution >= 0.6 is 11.3 Å². The van der Waals surface area contributed by atoms with Crippen LogP contribution in [0.3, 0.4) is 0 Å². The molecule has 0 spiro atoms. The van der Waals surface area contributed by atoms with Gasteiger partial charge in [0.25, 0.3) is 5.82 Å². The first kappa shape index (κ1) is 16.9. The van der Waals surface area contributed by atoms with Gasteiger partial charge in [0.2, 0.25) is 5.13 Å². The van der Waals surface area contributed by atoms with Gasteiger partial charge >= 0.3 is 6.18 Å². The van der Waals surface area contributed by atoms with E-state index in [2.05, 4.69) is 35.7 Å². The highest BCUT2D eigenvalue weighted by atomic mass is 32.1. The van der Waals surface area contributed by atoms with Crippen molar-refractivity contribution >= 4 is 27.9 Å². The Morgan fingerprint density at radius 2 is 2.15 bits per heavy atom. The minimum absolute atomic E-state index is 0.0271. The van der Waals surface area contributed by atoms with Crippen LogP contribution in [-0.4, -0.2) is 62.4 Å². The van der Waals surface area contributed by atoms with E-state index in [0.717, 1.165) is 5.13 Å². The summed E-state index contributed by atoms with van der Waals surface area (Å²) >= 11 is 1.44. The predicted molar refractivity (Wildman–Crippen MR) is 86.1 cm³/mol. The van der Waals surface area contributed by atoms with Crippen molar-refractivity contribution in [2.24, 2.45) is 0 Å². The molecular weight excluding hydrogens is 373 g/mol. The number of fused-ring (bicyclic) bond motifs is 1. The van der Waals surface area contributed by atoms with E-state index in [1.54, 1.807) is 11.6 Å². The number of halogens is 3. The molecule has 4 rings (SSSR count). The molecule has 1 saturated heterocycles. The van der Waals surface area contributed by atoms with Gasteiger partial charge in [0.1, 0.15) is 11.3 Å². The molecule has 26 heavy (non-hydrogen) atoms. The molecule has 1 aliphatic heterocycles. The standard InChI is InChI=1S/C13H13F3N8OS/c14-13(15,16)11-20-19-10-2-1-9(22-24(10)11)17-5-8-6-23(3-4-25-8)12-21-18-7-26-12/h1-2,7-8H,3-6H2,(H,17,22). The fraction of sp³-hybridized carbons (Fsp3) is 0.462. The summed E-state index contributed by atoms with van der Waals surface area (Å²) in [5.74, 6) is -0.882. The Balaban J connectivity index is 1.44. The lowest BCUT2D eigenvalue weighted by molar-refractivity contribution is -0.146. The number of anilines is 2. The molecular formula is C13H13F3N8OS. The Bertz CT molecular complexity index is 883. The molecule has 0 bridgehead atoms. The summed E-state index contributed by atoms with van der Waals surface area (Å²) in [4.78, 5) is 2.06. The van der Waals surface area contributed by atoms with Gasteiger partial charge in [-0.25, -0.2) is 0 Å². The quantitative estimate of drug-likeness (QED) is 0.718. The SMILES string of the molecule is FC(F)(F)c1nnc2ccc(NCC3CN(c4nncs4)CCO3)nn12. The van der Waals surface area contributed by atoms with Crippen LogP contribution in [0.25, 0.3) is 5.65 Å². The van der Waals surface area contributed by atoms with Crippen molar-refractivity contribution in [2.45, 2.75) is 12.3 Å². The fourth-order valence-corrected chi connectivity index (χ4v) is 3.20. The van der Waals surface area contributed by atoms with Crippen LogP contribution in [0.5, 0.6) is 0 Å². The zero-order valence-corrected chi connectivity index (χ0v) is 14.0. The largest absolute Gasteiger partial charge is 0.453 e. The molecule has 1 atom stereocenters. The van der Waals surface area contributed by atoms with Gasteiger partial charge in [-0.2, -0.15) is 17.7 Å². The van der Waals surface area contributed by atoms with Crippen molar-refractivity contribution in [3.05, 3.63) is 23.5 Å². The van der Waals surface area contributed by atoms with Crippen molar-refractivity contribution in [3.63, 3.8) is 0 Å². The topological polar surface area (TPSA) is 93.4 Å². The van der Waals surface area contributed by atoms with Crippen molar-refractivity contribution in [2.75, 3.05) is 36.5 Å². The average Bonchev–Trinajstić information content (AvgIpc) is 3.29. The smallest absolute Gasteiger partial charge is 0.373 e. The summed E-state index contributed by atoms with van der Waals surface area (Å²) in [6.45, 7) is 2.23. The normalized spacial score (nSPS) is 18.4. The van der Waals surface area contributed by atoms with E-state index in [9.17, 15) is 13.2 Å². The summed E-state index contributed by atoms with van der Waals surface area (Å²) in [7, 11) is 0. The van der Waals surface area contributed by atoms with Crippen molar-refractivity contribution in [3.8, 4) is 0 Å². The Morgan fingerprint density at radius 1 is 1.27 bits per heavy atom. The Morgan fingerprint density at radius 3 is 2.92 bits per heavy atom. The lowest BCUT2D eigenvalue weighted by Gasteiger charge is -2.32. The maximum atomic E-state index is 12.9. The van der Waals surface area contributed by atoms with E-state index >= 15 is 0 Å².